The van der Waals surface area contributed by atoms with Gasteiger partial charge in [-0.3, -0.25) is 9.59 Å². The largest absolute Gasteiger partial charge is 0.491 e. The smallest absolute Gasteiger partial charge is 0.243 e. The Hall–Kier alpha value is -2.08. The van der Waals surface area contributed by atoms with Crippen LogP contribution >= 0.6 is 0 Å². The summed E-state index contributed by atoms with van der Waals surface area (Å²) in [6.07, 6.45) is 0.355. The number of aliphatic hydroxyl groups is 1. The summed E-state index contributed by atoms with van der Waals surface area (Å²) in [5, 5.41) is 12.7. The molecule has 1 aromatic carbocycles. The summed E-state index contributed by atoms with van der Waals surface area (Å²) >= 11 is 0. The van der Waals surface area contributed by atoms with Crippen LogP contribution < -0.4 is 10.1 Å². The number of hydrogen-bond acceptors (Lipinski definition) is 4. The molecule has 2 aliphatic heterocycles. The molecule has 2 N–H and O–H groups in total. The summed E-state index contributed by atoms with van der Waals surface area (Å²) in [7, 11) is 0. The van der Waals surface area contributed by atoms with Gasteiger partial charge in [0.15, 0.2) is 0 Å². The van der Waals surface area contributed by atoms with Crippen LogP contribution in [0.15, 0.2) is 18.2 Å². The van der Waals surface area contributed by atoms with Gasteiger partial charge in [0, 0.05) is 19.9 Å². The van der Waals surface area contributed by atoms with Crippen molar-refractivity contribution in [1.82, 2.24) is 10.2 Å². The molecule has 1 aromatic rings. The molecule has 0 saturated carbocycles. The zero-order valence-corrected chi connectivity index (χ0v) is 13.4. The van der Waals surface area contributed by atoms with Crippen LogP contribution in [0.4, 0.5) is 0 Å². The van der Waals surface area contributed by atoms with Gasteiger partial charge in [0.25, 0.3) is 0 Å². The Morgan fingerprint density at radius 2 is 2.17 bits per heavy atom. The molecule has 6 heteroatoms. The summed E-state index contributed by atoms with van der Waals surface area (Å²) in [5.41, 5.74) is 2.17. The van der Waals surface area contributed by atoms with Crippen molar-refractivity contribution in [2.75, 3.05) is 13.2 Å². The van der Waals surface area contributed by atoms with E-state index >= 15 is 0 Å². The zero-order valence-electron chi connectivity index (χ0n) is 13.4. The minimum Gasteiger partial charge on any atom is -0.491 e. The van der Waals surface area contributed by atoms with Crippen molar-refractivity contribution in [3.63, 3.8) is 0 Å². The zero-order chi connectivity index (χ0) is 16.6. The molecule has 0 radical (unpaired) electrons. The van der Waals surface area contributed by atoms with E-state index in [1.807, 2.05) is 25.1 Å². The topological polar surface area (TPSA) is 78.9 Å². The Morgan fingerprint density at radius 1 is 1.39 bits per heavy atom. The number of nitrogens with zero attached hydrogens (tertiary/aromatic N) is 1. The van der Waals surface area contributed by atoms with Gasteiger partial charge in [-0.15, -0.1) is 0 Å². The molecule has 124 valence electrons. The first-order chi connectivity index (χ1) is 11.0. The lowest BCUT2D eigenvalue weighted by molar-refractivity contribution is -0.137. The maximum atomic E-state index is 12.5. The van der Waals surface area contributed by atoms with E-state index in [1.54, 1.807) is 0 Å². The van der Waals surface area contributed by atoms with E-state index in [0.717, 1.165) is 16.9 Å². The third kappa shape index (κ3) is 3.17. The van der Waals surface area contributed by atoms with Crippen molar-refractivity contribution >= 4 is 11.8 Å². The third-order valence-corrected chi connectivity index (χ3v) is 4.52. The van der Waals surface area contributed by atoms with Gasteiger partial charge in [-0.1, -0.05) is 18.2 Å². The van der Waals surface area contributed by atoms with Crippen LogP contribution in [0, 0.1) is 6.92 Å². The molecule has 3 atom stereocenters. The van der Waals surface area contributed by atoms with Crippen LogP contribution in [0.3, 0.4) is 0 Å². The van der Waals surface area contributed by atoms with Gasteiger partial charge in [0.2, 0.25) is 11.8 Å². The second-order valence-electron chi connectivity index (χ2n) is 6.36. The molecule has 0 spiro atoms. The molecule has 6 nitrogen and oxygen atoms in total. The Labute approximate surface area is 135 Å². The number of ether oxygens (including phenoxy) is 1. The van der Waals surface area contributed by atoms with E-state index < -0.39 is 12.1 Å². The van der Waals surface area contributed by atoms with E-state index in [1.165, 1.54) is 11.8 Å². The lowest BCUT2D eigenvalue weighted by Crippen LogP contribution is -2.51. The lowest BCUT2D eigenvalue weighted by atomic mass is 9.99. The quantitative estimate of drug-likeness (QED) is 0.827. The van der Waals surface area contributed by atoms with E-state index in [9.17, 15) is 14.7 Å². The molecule has 23 heavy (non-hydrogen) atoms. The number of likely N-dealkylation sites (tertiary alicyclic amines) is 1. The minimum absolute atomic E-state index is 0.122. The SMILES string of the molecule is CC(=O)N1C[C@H](O)C[C@@H]1C(=O)NC1COc2c(C)cccc2C1. The molecule has 0 bridgehead atoms. The number of β-amino-alcohol motifs (C(OH)–C–C–N with tert-alkyl or cyclic N) is 1. The van der Waals surface area contributed by atoms with Crippen molar-refractivity contribution in [1.29, 1.82) is 0 Å². The molecular formula is C17H22N2O4. The first-order valence-corrected chi connectivity index (χ1v) is 7.92. The fourth-order valence-electron chi connectivity index (χ4n) is 3.39. The van der Waals surface area contributed by atoms with Crippen LogP contribution in [-0.2, 0) is 16.0 Å². The van der Waals surface area contributed by atoms with Crippen LogP contribution in [-0.4, -0.2) is 53.2 Å². The second-order valence-corrected chi connectivity index (χ2v) is 6.36. The standard InChI is InChI=1S/C17H22N2O4/c1-10-4-3-5-12-6-13(9-23-16(10)12)18-17(22)15-7-14(21)8-19(15)11(2)20/h3-5,13-15,21H,6-9H2,1-2H3,(H,18,22)/t13?,14-,15-/m1/s1. The third-order valence-electron chi connectivity index (χ3n) is 4.52. The number of aryl methyl sites for hydroxylation is 1. The molecule has 0 aliphatic carbocycles. The molecule has 1 saturated heterocycles. The highest BCUT2D eigenvalue weighted by molar-refractivity contribution is 5.87. The summed E-state index contributed by atoms with van der Waals surface area (Å²) in [4.78, 5) is 25.5. The number of fused-ring (bicyclic) bond motifs is 1. The molecule has 1 fully saturated rings. The molecule has 2 heterocycles. The van der Waals surface area contributed by atoms with Crippen LogP contribution in [0.1, 0.15) is 24.5 Å². The van der Waals surface area contributed by atoms with Gasteiger partial charge in [-0.2, -0.15) is 0 Å². The predicted octanol–water partition coefficient (Wildman–Crippen LogP) is 0.396. The van der Waals surface area contributed by atoms with Crippen LogP contribution in [0.5, 0.6) is 5.75 Å². The van der Waals surface area contributed by atoms with Gasteiger partial charge < -0.3 is 20.1 Å². The number of para-hydroxylation sites is 1. The highest BCUT2D eigenvalue weighted by Gasteiger charge is 2.38. The monoisotopic (exact) mass is 318 g/mol. The van der Waals surface area contributed by atoms with Crippen molar-refractivity contribution in [2.45, 2.75) is 44.9 Å². The van der Waals surface area contributed by atoms with Crippen molar-refractivity contribution in [3.05, 3.63) is 29.3 Å². The fourth-order valence-corrected chi connectivity index (χ4v) is 3.39. The van der Waals surface area contributed by atoms with Crippen LogP contribution in [0.2, 0.25) is 0 Å². The average molecular weight is 318 g/mol. The number of aliphatic hydroxyl groups excluding tert-OH is 1. The first-order valence-electron chi connectivity index (χ1n) is 7.92. The molecule has 0 aromatic heterocycles. The maximum Gasteiger partial charge on any atom is 0.243 e. The highest BCUT2D eigenvalue weighted by Crippen LogP contribution is 2.28. The summed E-state index contributed by atoms with van der Waals surface area (Å²) in [6, 6.07) is 5.27. The molecule has 3 rings (SSSR count). The number of rotatable bonds is 2. The van der Waals surface area contributed by atoms with Crippen molar-refractivity contribution in [3.8, 4) is 5.75 Å². The Balaban J connectivity index is 1.66. The summed E-state index contributed by atoms with van der Waals surface area (Å²) in [5.74, 6) is 0.490. The fraction of sp³-hybridized carbons (Fsp3) is 0.529. The van der Waals surface area contributed by atoms with Gasteiger partial charge >= 0.3 is 0 Å². The Kier molecular flexibility index (Phi) is 4.26. The Morgan fingerprint density at radius 3 is 2.91 bits per heavy atom. The molecule has 2 amide bonds. The predicted molar refractivity (Wildman–Crippen MR) is 84.1 cm³/mol. The van der Waals surface area contributed by atoms with E-state index in [-0.39, 0.29) is 30.8 Å². The number of carbonyl (C=O) groups is 2. The molecule has 1 unspecified atom stereocenters. The van der Waals surface area contributed by atoms with Gasteiger partial charge in [0.05, 0.1) is 12.1 Å². The Bertz CT molecular complexity index is 631. The van der Waals surface area contributed by atoms with Crippen molar-refractivity contribution < 1.29 is 19.4 Å². The van der Waals surface area contributed by atoms with Crippen molar-refractivity contribution in [2.24, 2.45) is 0 Å². The number of benzene rings is 1. The maximum absolute atomic E-state index is 12.5. The number of nitrogens with one attached hydrogen (secondary N) is 1. The number of amides is 2. The second kappa shape index (κ2) is 6.20. The molecule has 2 aliphatic rings. The van der Waals surface area contributed by atoms with Crippen LogP contribution in [0.25, 0.3) is 0 Å². The molecular weight excluding hydrogens is 296 g/mol. The highest BCUT2D eigenvalue weighted by atomic mass is 16.5. The van der Waals surface area contributed by atoms with E-state index in [2.05, 4.69) is 5.32 Å². The van der Waals surface area contributed by atoms with E-state index in [4.69, 9.17) is 4.74 Å². The normalized spacial score (nSPS) is 26.4. The first kappa shape index (κ1) is 15.8. The summed E-state index contributed by atoms with van der Waals surface area (Å²) in [6.45, 7) is 4.05. The number of hydrogen-bond donors (Lipinski definition) is 2. The average Bonchev–Trinajstić information content (AvgIpc) is 2.90. The summed E-state index contributed by atoms with van der Waals surface area (Å²) < 4.78 is 5.78. The lowest BCUT2D eigenvalue weighted by Gasteiger charge is -2.29. The van der Waals surface area contributed by atoms with E-state index in [0.29, 0.717) is 13.0 Å². The van der Waals surface area contributed by atoms with Gasteiger partial charge in [0.1, 0.15) is 18.4 Å². The van der Waals surface area contributed by atoms with Gasteiger partial charge in [-0.25, -0.2) is 0 Å². The minimum atomic E-state index is -0.638. The number of carbonyl (C=O) groups excluding carboxylic acids is 2. The van der Waals surface area contributed by atoms with Gasteiger partial charge in [-0.05, 0) is 24.5 Å².